The molecule has 7 N–H and O–H groups in total. The number of aromatic nitrogens is 2. The summed E-state index contributed by atoms with van der Waals surface area (Å²) in [5, 5.41) is 30.7. The molecule has 0 aliphatic carbocycles. The van der Waals surface area contributed by atoms with Gasteiger partial charge in [-0.15, -0.1) is 0 Å². The van der Waals surface area contributed by atoms with Crippen LogP contribution < -0.4 is 27.4 Å². The maximum atomic E-state index is 12.1. The third-order valence-corrected chi connectivity index (χ3v) is 8.81. The summed E-state index contributed by atoms with van der Waals surface area (Å²) in [7, 11) is 4.95. The summed E-state index contributed by atoms with van der Waals surface area (Å²) in [5.74, 6) is -1.48. The SMILES string of the molecule is CN(Cc1ccc(C(=O)NC/C(N)=N/O)cc1)C(=O)OC(C)(C)C.CN(Cc1ccc(C(=O)NCC#N)cc1)C(=O)OC(C)(C)C.CN(Cc1ccc(C(=O)NCc2noc(=O)[nH]2)cc1)C(=O)OC(C)(C)C. The fourth-order valence-corrected chi connectivity index (χ4v) is 5.45. The lowest BCUT2D eigenvalue weighted by atomic mass is 10.1. The Balaban J connectivity index is 0.000000372. The molecule has 0 radical (unpaired) electrons. The lowest BCUT2D eigenvalue weighted by Crippen LogP contribution is -2.34. The Labute approximate surface area is 418 Å². The van der Waals surface area contributed by atoms with Gasteiger partial charge in [-0.25, -0.2) is 19.2 Å². The summed E-state index contributed by atoms with van der Waals surface area (Å²) in [5.41, 5.74) is 7.59. The largest absolute Gasteiger partial charge is 0.444 e. The van der Waals surface area contributed by atoms with E-state index in [-0.39, 0.29) is 49.0 Å². The highest BCUT2D eigenvalue weighted by atomic mass is 16.6. The van der Waals surface area contributed by atoms with Crippen molar-refractivity contribution in [3.63, 3.8) is 0 Å². The van der Waals surface area contributed by atoms with Crippen LogP contribution in [0.1, 0.15) is 116 Å². The van der Waals surface area contributed by atoms with Gasteiger partial charge in [0, 0.05) is 57.5 Å². The Hall–Kier alpha value is -8.42. The number of nitrogens with zero attached hydrogens (tertiary/aromatic N) is 6. The molecule has 3 aromatic carbocycles. The van der Waals surface area contributed by atoms with Crippen LogP contribution in [0.3, 0.4) is 0 Å². The first kappa shape index (κ1) is 59.7. The topological polar surface area (TPSA) is 317 Å². The van der Waals surface area contributed by atoms with Gasteiger partial charge >= 0.3 is 24.0 Å². The number of nitrogens with two attached hydrogens (primary N) is 1. The zero-order chi connectivity index (χ0) is 54.4. The average Bonchev–Trinajstić information content (AvgIpc) is 3.72. The van der Waals surface area contributed by atoms with Gasteiger partial charge in [0.1, 0.15) is 23.3 Å². The van der Waals surface area contributed by atoms with Crippen molar-refractivity contribution in [2.45, 2.75) is 105 Å². The molecule has 23 nitrogen and oxygen atoms in total. The van der Waals surface area contributed by atoms with Crippen LogP contribution in [0.5, 0.6) is 0 Å². The van der Waals surface area contributed by atoms with E-state index in [1.165, 1.54) is 14.7 Å². The van der Waals surface area contributed by atoms with Gasteiger partial charge in [0.2, 0.25) is 0 Å². The van der Waals surface area contributed by atoms with Crippen LogP contribution in [0.15, 0.2) is 87.3 Å². The Kier molecular flexibility index (Phi) is 23.0. The molecule has 4 aromatic rings. The number of benzene rings is 3. The van der Waals surface area contributed by atoms with Gasteiger partial charge in [0.05, 0.1) is 19.2 Å². The summed E-state index contributed by atoms with van der Waals surface area (Å²) < 4.78 is 20.2. The molecule has 0 bridgehead atoms. The molecular formula is C49H67N11O12. The molecule has 0 saturated carbocycles. The molecule has 23 heteroatoms. The van der Waals surface area contributed by atoms with Gasteiger partial charge in [-0.05, 0) is 115 Å². The van der Waals surface area contributed by atoms with Crippen molar-refractivity contribution in [2.75, 3.05) is 34.2 Å². The Bertz CT molecular complexity index is 2550. The standard InChI is InChI=1S/C17H22N4O5.C16H24N4O4.C16H21N3O3/c1-17(2,3)25-16(24)21(4)10-11-5-7-12(8-6-11)14(22)18-9-13-19-15(23)26-20-13;1-16(2,3)24-15(22)20(4)10-11-5-7-12(8-6-11)14(21)18-9-13(17)19-23;1-16(2,3)22-15(21)19(4)11-12-5-7-13(8-6-12)14(20)18-10-9-17/h5-8H,9-10H2,1-4H3,(H,18,22)(H,19,20,23);5-8,23H,9-10H2,1-4H3,(H2,17,19)(H,18,21);5-8H,10-11H2,1-4H3,(H,18,20). The van der Waals surface area contributed by atoms with Gasteiger partial charge in [-0.3, -0.25) is 23.9 Å². The third-order valence-electron chi connectivity index (χ3n) is 8.81. The normalized spacial score (nSPS) is 11.1. The molecule has 0 aliphatic rings. The van der Waals surface area contributed by atoms with E-state index in [0.717, 1.165) is 16.7 Å². The molecule has 0 aliphatic heterocycles. The third kappa shape index (κ3) is 23.7. The highest BCUT2D eigenvalue weighted by molar-refractivity contribution is 5.97. The van der Waals surface area contributed by atoms with Crippen molar-refractivity contribution < 1.29 is 52.7 Å². The molecule has 0 atom stereocenters. The molecule has 390 valence electrons. The molecule has 0 unspecified atom stereocenters. The average molecular weight is 1000 g/mol. The van der Waals surface area contributed by atoms with Crippen LogP contribution in [0, 0.1) is 11.3 Å². The number of amidine groups is 1. The zero-order valence-electron chi connectivity index (χ0n) is 42.9. The van der Waals surface area contributed by atoms with Gasteiger partial charge in [-0.2, -0.15) is 5.26 Å². The summed E-state index contributed by atoms with van der Waals surface area (Å²) in [6.45, 7) is 17.4. The predicted molar refractivity (Wildman–Crippen MR) is 264 cm³/mol. The summed E-state index contributed by atoms with van der Waals surface area (Å²) in [4.78, 5) is 88.9. The monoisotopic (exact) mass is 1000 g/mol. The summed E-state index contributed by atoms with van der Waals surface area (Å²) >= 11 is 0. The Morgan fingerprint density at radius 2 is 0.972 bits per heavy atom. The number of rotatable bonds is 14. The number of oxime groups is 1. The molecule has 72 heavy (non-hydrogen) atoms. The molecule has 4 rings (SSSR count). The number of nitrogens with one attached hydrogen (secondary N) is 4. The first-order chi connectivity index (χ1) is 33.5. The minimum atomic E-state index is -0.673. The minimum Gasteiger partial charge on any atom is -0.444 e. The Morgan fingerprint density at radius 3 is 1.26 bits per heavy atom. The van der Waals surface area contributed by atoms with Crippen LogP contribution in [0.4, 0.5) is 14.4 Å². The van der Waals surface area contributed by atoms with Crippen molar-refractivity contribution >= 4 is 41.8 Å². The second-order valence-corrected chi connectivity index (χ2v) is 18.9. The summed E-state index contributed by atoms with van der Waals surface area (Å²) in [6.07, 6.45) is -1.23. The lowest BCUT2D eigenvalue weighted by molar-refractivity contribution is 0.0275. The molecule has 1 heterocycles. The van der Waals surface area contributed by atoms with Gasteiger partial charge in [0.15, 0.2) is 11.7 Å². The van der Waals surface area contributed by atoms with E-state index in [2.05, 4.69) is 35.8 Å². The van der Waals surface area contributed by atoms with E-state index in [4.69, 9.17) is 30.4 Å². The number of carbonyl (C=O) groups is 6. The van der Waals surface area contributed by atoms with Crippen LogP contribution >= 0.6 is 0 Å². The molecular weight excluding hydrogens is 935 g/mol. The quantitative estimate of drug-likeness (QED) is 0.0227. The predicted octanol–water partition coefficient (Wildman–Crippen LogP) is 5.50. The first-order valence-electron chi connectivity index (χ1n) is 22.3. The number of nitriles is 1. The highest BCUT2D eigenvalue weighted by Crippen LogP contribution is 2.15. The number of amides is 6. The first-order valence-corrected chi connectivity index (χ1v) is 22.3. The number of ether oxygens (including phenoxy) is 3. The molecule has 0 saturated heterocycles. The number of carbonyl (C=O) groups excluding carboxylic acids is 6. The van der Waals surface area contributed by atoms with Crippen LogP contribution in [-0.4, -0.2) is 123 Å². The molecule has 6 amide bonds. The lowest BCUT2D eigenvalue weighted by Gasteiger charge is -2.24. The van der Waals surface area contributed by atoms with E-state index >= 15 is 0 Å². The van der Waals surface area contributed by atoms with Gasteiger partial charge in [-0.1, -0.05) is 46.7 Å². The van der Waals surface area contributed by atoms with Gasteiger partial charge in [0.25, 0.3) is 17.7 Å². The second-order valence-electron chi connectivity index (χ2n) is 18.9. The number of H-pyrrole nitrogens is 1. The number of aromatic amines is 1. The van der Waals surface area contributed by atoms with Crippen LogP contribution in [-0.2, 0) is 40.4 Å². The maximum Gasteiger partial charge on any atom is 0.438 e. The van der Waals surface area contributed by atoms with E-state index < -0.39 is 40.8 Å². The van der Waals surface area contributed by atoms with Crippen LogP contribution in [0.2, 0.25) is 0 Å². The smallest absolute Gasteiger partial charge is 0.438 e. The number of hydrogen-bond donors (Lipinski definition) is 6. The van der Waals surface area contributed by atoms with Crippen molar-refractivity contribution in [3.8, 4) is 6.07 Å². The fraction of sp³-hybridized carbons (Fsp3) is 0.429. The summed E-state index contributed by atoms with van der Waals surface area (Å²) in [6, 6.07) is 22.3. The van der Waals surface area contributed by atoms with E-state index in [0.29, 0.717) is 36.3 Å². The van der Waals surface area contributed by atoms with Crippen molar-refractivity contribution in [3.05, 3.63) is 123 Å². The van der Waals surface area contributed by atoms with Crippen molar-refractivity contribution in [1.29, 1.82) is 5.26 Å². The Morgan fingerprint density at radius 1 is 0.639 bits per heavy atom. The fourth-order valence-electron chi connectivity index (χ4n) is 5.45. The second kappa shape index (κ2) is 27.7. The van der Waals surface area contributed by atoms with Crippen molar-refractivity contribution in [1.82, 2.24) is 40.8 Å². The van der Waals surface area contributed by atoms with E-state index in [1.807, 2.05) is 26.8 Å². The molecule has 0 spiro atoms. The van der Waals surface area contributed by atoms with Crippen LogP contribution in [0.25, 0.3) is 0 Å². The minimum absolute atomic E-state index is 0.0258. The number of hydrogen-bond acceptors (Lipinski definition) is 15. The van der Waals surface area contributed by atoms with Crippen molar-refractivity contribution in [2.24, 2.45) is 10.9 Å². The molecule has 1 aromatic heterocycles. The maximum absolute atomic E-state index is 12.1. The zero-order valence-corrected chi connectivity index (χ0v) is 42.9. The van der Waals surface area contributed by atoms with Gasteiger partial charge < -0.3 is 55.8 Å². The van der Waals surface area contributed by atoms with E-state index in [1.54, 1.807) is 135 Å². The van der Waals surface area contributed by atoms with E-state index in [9.17, 15) is 33.6 Å². The highest BCUT2D eigenvalue weighted by Gasteiger charge is 2.22. The molecule has 0 fully saturated rings.